The van der Waals surface area contributed by atoms with Crippen molar-refractivity contribution in [2.24, 2.45) is 5.92 Å². The zero-order valence-electron chi connectivity index (χ0n) is 13.5. The van der Waals surface area contributed by atoms with Crippen molar-refractivity contribution in [3.8, 4) is 0 Å². The van der Waals surface area contributed by atoms with Crippen molar-refractivity contribution in [1.29, 1.82) is 0 Å². The molecule has 1 unspecified atom stereocenters. The first kappa shape index (κ1) is 27.4. The van der Waals surface area contributed by atoms with E-state index >= 15 is 0 Å². The van der Waals surface area contributed by atoms with Crippen LogP contribution < -0.4 is 0 Å². The third-order valence-corrected chi connectivity index (χ3v) is 3.63. The maximum atomic E-state index is 11.4. The second kappa shape index (κ2) is 19.6. The monoisotopic (exact) mass is 368 g/mol. The van der Waals surface area contributed by atoms with Gasteiger partial charge in [-0.2, -0.15) is 0 Å². The van der Waals surface area contributed by atoms with Gasteiger partial charge in [0.15, 0.2) is 0 Å². The smallest absolute Gasteiger partial charge is 0 e. The Morgan fingerprint density at radius 1 is 1.00 bits per heavy atom. The maximum absolute atomic E-state index is 11.4. The molecule has 0 aliphatic heterocycles. The summed E-state index contributed by atoms with van der Waals surface area (Å²) in [5.74, 6) is 0.893. The van der Waals surface area contributed by atoms with Gasteiger partial charge in [-0.15, -0.1) is 0 Å². The average molecular weight is 368 g/mol. The molecule has 0 aromatic heterocycles. The number of Topliss-reactive ketones (excluding diaryl/α,β-unsaturated/α-hetero) is 1. The second-order valence-corrected chi connectivity index (χ2v) is 4.80. The standard InChI is InChI=1S/C15H20O2.3CO.Cr/c1-17-15(12-6-3-2-4-7-12)13-8-5-9-14(16)11-10-13;3*1-2;/h2-4,6-7,13,15H,5,8-11H2,1H3;;;;/t13?,15-;;;;/m0..../s1. The first-order valence-corrected chi connectivity index (χ1v) is 7.02. The summed E-state index contributed by atoms with van der Waals surface area (Å²) < 4.78 is 28.2. The van der Waals surface area contributed by atoms with Crippen molar-refractivity contribution >= 4 is 5.78 Å². The van der Waals surface area contributed by atoms with E-state index in [1.807, 2.05) is 18.2 Å². The van der Waals surface area contributed by atoms with E-state index in [2.05, 4.69) is 32.1 Å². The van der Waals surface area contributed by atoms with Crippen molar-refractivity contribution in [3.63, 3.8) is 0 Å². The van der Waals surface area contributed by atoms with Crippen LogP contribution >= 0.6 is 0 Å². The molecule has 0 bridgehead atoms. The van der Waals surface area contributed by atoms with E-state index in [0.29, 0.717) is 11.7 Å². The summed E-state index contributed by atoms with van der Waals surface area (Å²) in [4.78, 5) is 11.4. The summed E-state index contributed by atoms with van der Waals surface area (Å²) in [5.41, 5.74) is 1.23. The third kappa shape index (κ3) is 10.4. The fourth-order valence-corrected chi connectivity index (χ4v) is 2.72. The Morgan fingerprint density at radius 2 is 1.54 bits per heavy atom. The summed E-state index contributed by atoms with van der Waals surface area (Å²) in [6, 6.07) is 10.3. The molecule has 0 amide bonds. The Bertz CT molecular complexity index is 467. The Labute approximate surface area is 154 Å². The molecule has 0 heterocycles. The third-order valence-electron chi connectivity index (χ3n) is 3.63. The Kier molecular flexibility index (Phi) is 22.5. The first-order valence-electron chi connectivity index (χ1n) is 7.02. The van der Waals surface area contributed by atoms with Crippen molar-refractivity contribution in [2.75, 3.05) is 7.11 Å². The van der Waals surface area contributed by atoms with Crippen LogP contribution in [0.5, 0.6) is 0 Å². The Morgan fingerprint density at radius 3 is 2.04 bits per heavy atom. The minimum absolute atomic E-state index is 0. The van der Waals surface area contributed by atoms with E-state index < -0.39 is 0 Å². The molecule has 24 heavy (non-hydrogen) atoms. The van der Waals surface area contributed by atoms with Gasteiger partial charge >= 0.3 is 33.9 Å². The van der Waals surface area contributed by atoms with Gasteiger partial charge in [0, 0.05) is 37.3 Å². The summed E-state index contributed by atoms with van der Waals surface area (Å²) in [6.07, 6.45) is 4.68. The molecule has 0 spiro atoms. The normalized spacial score (nSPS) is 16.6. The molecule has 0 saturated heterocycles. The van der Waals surface area contributed by atoms with E-state index in [-0.39, 0.29) is 23.5 Å². The van der Waals surface area contributed by atoms with E-state index in [4.69, 9.17) is 18.7 Å². The predicted molar refractivity (Wildman–Crippen MR) is 79.6 cm³/mol. The average Bonchev–Trinajstić information content (AvgIpc) is 2.87. The molecule has 0 radical (unpaired) electrons. The van der Waals surface area contributed by atoms with Crippen LogP contribution in [0, 0.1) is 25.9 Å². The first-order chi connectivity index (χ1) is 11.3. The molecule has 2 rings (SSSR count). The van der Waals surface area contributed by atoms with E-state index in [9.17, 15) is 4.79 Å². The van der Waals surface area contributed by atoms with Crippen LogP contribution in [0.4, 0.5) is 0 Å². The quantitative estimate of drug-likeness (QED) is 0.465. The molecule has 6 heteroatoms. The van der Waals surface area contributed by atoms with Crippen molar-refractivity contribution < 1.29 is 40.8 Å². The largest absolute Gasteiger partial charge is 0 e. The summed E-state index contributed by atoms with van der Waals surface area (Å²) >= 11 is 0. The van der Waals surface area contributed by atoms with Crippen LogP contribution in [0.1, 0.15) is 43.8 Å². The number of ketones is 1. The molecular weight excluding hydrogens is 348 g/mol. The van der Waals surface area contributed by atoms with Crippen LogP contribution in [-0.2, 0) is 40.8 Å². The number of ether oxygens (including phenoxy) is 1. The molecule has 1 aromatic rings. The van der Waals surface area contributed by atoms with Crippen LogP contribution in [0.15, 0.2) is 30.3 Å². The molecule has 1 aromatic carbocycles. The van der Waals surface area contributed by atoms with E-state index in [1.54, 1.807) is 7.11 Å². The number of hydrogen-bond acceptors (Lipinski definition) is 2. The van der Waals surface area contributed by atoms with Crippen LogP contribution in [-0.4, -0.2) is 12.9 Å². The van der Waals surface area contributed by atoms with E-state index in [1.165, 1.54) is 5.56 Å². The van der Waals surface area contributed by atoms with Crippen molar-refractivity contribution in [1.82, 2.24) is 0 Å². The molecule has 0 N–H and O–H groups in total. The van der Waals surface area contributed by atoms with Gasteiger partial charge in [-0.3, -0.25) is 4.79 Å². The number of carbonyl (C=O) groups excluding carboxylic acids is 1. The zero-order valence-corrected chi connectivity index (χ0v) is 14.8. The van der Waals surface area contributed by atoms with Gasteiger partial charge in [-0.1, -0.05) is 30.3 Å². The topological polar surface area (TPSA) is 86.0 Å². The summed E-state index contributed by atoms with van der Waals surface area (Å²) in [6.45, 7) is 13.5. The fraction of sp³-hybridized carbons (Fsp3) is 0.444. The number of methoxy groups -OCH3 is 1. The van der Waals surface area contributed by atoms with Gasteiger partial charge in [0.25, 0.3) is 0 Å². The van der Waals surface area contributed by atoms with Crippen LogP contribution in [0.25, 0.3) is 0 Å². The molecule has 1 saturated carbocycles. The second-order valence-electron chi connectivity index (χ2n) is 4.80. The van der Waals surface area contributed by atoms with Gasteiger partial charge in [-0.05, 0) is 30.7 Å². The number of carbonyl (C=O) groups is 1. The molecule has 2 atom stereocenters. The van der Waals surface area contributed by atoms with Gasteiger partial charge in [-0.25, -0.2) is 0 Å². The Hall–Kier alpha value is -1.40. The minimum atomic E-state index is 0. The molecule has 1 aliphatic carbocycles. The van der Waals surface area contributed by atoms with Gasteiger partial charge < -0.3 is 4.74 Å². The van der Waals surface area contributed by atoms with Crippen molar-refractivity contribution in [3.05, 3.63) is 55.8 Å². The summed E-state index contributed by atoms with van der Waals surface area (Å²) in [7, 11) is 1.77. The molecular formula is C18H20CrO5. The van der Waals surface area contributed by atoms with E-state index in [0.717, 1.165) is 32.1 Å². The fourth-order valence-electron chi connectivity index (χ4n) is 2.72. The van der Waals surface area contributed by atoms with Crippen LogP contribution in [0.3, 0.4) is 0 Å². The molecule has 5 nitrogen and oxygen atoms in total. The molecule has 1 aliphatic rings. The zero-order chi connectivity index (χ0) is 18.1. The number of rotatable bonds is 3. The number of hydrogen-bond donors (Lipinski definition) is 0. The SMILES string of the molecule is CO[C@@H](c1ccccc1)C1CCCC(=O)CC1.[C-]#[O+].[C-]#[O+].[C-]#[O+].[Cr]. The van der Waals surface area contributed by atoms with Gasteiger partial charge in [0.1, 0.15) is 5.78 Å². The molecule has 1 fully saturated rings. The maximum Gasteiger partial charge on any atom is 0 e. The Balaban J connectivity index is -0.000000569. The van der Waals surface area contributed by atoms with Crippen molar-refractivity contribution in [2.45, 2.75) is 38.2 Å². The van der Waals surface area contributed by atoms with Gasteiger partial charge in [0.2, 0.25) is 0 Å². The van der Waals surface area contributed by atoms with Gasteiger partial charge in [0.05, 0.1) is 6.10 Å². The number of benzene rings is 1. The predicted octanol–water partition coefficient (Wildman–Crippen LogP) is 3.41. The molecule has 128 valence electrons. The van der Waals surface area contributed by atoms with Crippen LogP contribution in [0.2, 0.25) is 0 Å². The summed E-state index contributed by atoms with van der Waals surface area (Å²) in [5, 5.41) is 0. The minimum Gasteiger partial charge on any atom is 0 e.